The maximum absolute atomic E-state index is 12.8. The predicted octanol–water partition coefficient (Wildman–Crippen LogP) is 3.03. The van der Waals surface area contributed by atoms with E-state index in [-0.39, 0.29) is 11.3 Å². The molecule has 0 aromatic heterocycles. The molecule has 0 spiro atoms. The Morgan fingerprint density at radius 3 is 2.67 bits per heavy atom. The average Bonchev–Trinajstić information content (AvgIpc) is 3.16. The van der Waals surface area contributed by atoms with E-state index in [4.69, 9.17) is 11.6 Å². The second kappa shape index (κ2) is 5.54. The number of amides is 1. The molecule has 2 unspecified atom stereocenters. The molecule has 1 amide bonds. The van der Waals surface area contributed by atoms with Gasteiger partial charge < -0.3 is 10.0 Å². The fraction of sp³-hybridized carbons (Fsp3) is 0.467. The van der Waals surface area contributed by atoms with Crippen molar-refractivity contribution in [1.82, 2.24) is 4.90 Å². The van der Waals surface area contributed by atoms with E-state index in [0.29, 0.717) is 22.3 Å². The van der Waals surface area contributed by atoms with E-state index >= 15 is 0 Å². The molecule has 1 N–H and O–H groups in total. The summed E-state index contributed by atoms with van der Waals surface area (Å²) in [6, 6.07) is 4.36. The van der Waals surface area contributed by atoms with Crippen molar-refractivity contribution in [2.45, 2.75) is 31.2 Å². The number of hydrogen-bond acceptors (Lipinski definition) is 3. The fourth-order valence-corrected chi connectivity index (χ4v) is 4.58. The van der Waals surface area contributed by atoms with Gasteiger partial charge in [-0.15, -0.1) is 11.8 Å². The van der Waals surface area contributed by atoms with Gasteiger partial charge in [-0.1, -0.05) is 11.6 Å². The van der Waals surface area contributed by atoms with Crippen LogP contribution in [0.1, 0.15) is 28.8 Å². The monoisotopic (exact) mass is 325 g/mol. The van der Waals surface area contributed by atoms with Crippen LogP contribution in [0.4, 0.5) is 0 Å². The average molecular weight is 326 g/mol. The van der Waals surface area contributed by atoms with Crippen LogP contribution < -0.4 is 0 Å². The number of carboxylic acid groups (broad SMARTS) is 1. The third-order valence-corrected chi connectivity index (χ3v) is 5.70. The summed E-state index contributed by atoms with van der Waals surface area (Å²) in [5.41, 5.74) is 1.32. The Bertz CT molecular complexity index is 603. The van der Waals surface area contributed by atoms with Crippen molar-refractivity contribution in [2.75, 3.05) is 5.75 Å². The zero-order chi connectivity index (χ0) is 15.1. The first-order valence-electron chi connectivity index (χ1n) is 6.92. The van der Waals surface area contributed by atoms with Gasteiger partial charge in [0, 0.05) is 16.3 Å². The molecule has 3 rings (SSSR count). The Labute approximate surface area is 132 Å². The van der Waals surface area contributed by atoms with Crippen molar-refractivity contribution in [2.24, 2.45) is 5.92 Å². The third kappa shape index (κ3) is 2.77. The number of carbonyl (C=O) groups is 2. The van der Waals surface area contributed by atoms with Crippen molar-refractivity contribution in [3.63, 3.8) is 0 Å². The van der Waals surface area contributed by atoms with Crippen molar-refractivity contribution in [1.29, 1.82) is 0 Å². The van der Waals surface area contributed by atoms with Crippen molar-refractivity contribution in [3.8, 4) is 0 Å². The first-order chi connectivity index (χ1) is 9.99. The van der Waals surface area contributed by atoms with Gasteiger partial charge >= 0.3 is 5.97 Å². The van der Waals surface area contributed by atoms with Gasteiger partial charge in [0.2, 0.25) is 0 Å². The topological polar surface area (TPSA) is 57.6 Å². The quantitative estimate of drug-likeness (QED) is 0.928. The van der Waals surface area contributed by atoms with Crippen molar-refractivity contribution < 1.29 is 14.7 Å². The van der Waals surface area contributed by atoms with Crippen LogP contribution in [0.5, 0.6) is 0 Å². The standard InChI is InChI=1S/C15H16ClNO3S/c1-8-6-10(16)4-5-11(8)13(18)17-12(15(19)20)7-21-14(17)9-2-3-9/h4-6,9,12,14H,2-3,7H2,1H3,(H,19,20). The molecule has 2 atom stereocenters. The van der Waals surface area contributed by atoms with Crippen LogP contribution in [0.2, 0.25) is 5.02 Å². The number of nitrogens with zero attached hydrogens (tertiary/aromatic N) is 1. The SMILES string of the molecule is Cc1cc(Cl)ccc1C(=O)N1C(C(=O)O)CSC1C1CC1. The number of aryl methyl sites for hydroxylation is 1. The number of halogens is 1. The molecule has 6 heteroatoms. The second-order valence-corrected chi connectivity index (χ2v) is 7.17. The summed E-state index contributed by atoms with van der Waals surface area (Å²) in [6.45, 7) is 1.82. The lowest BCUT2D eigenvalue weighted by atomic mass is 10.1. The zero-order valence-corrected chi connectivity index (χ0v) is 13.2. The summed E-state index contributed by atoms with van der Waals surface area (Å²) in [6.07, 6.45) is 2.15. The first kappa shape index (κ1) is 14.7. The molecule has 2 aliphatic rings. The van der Waals surface area contributed by atoms with Gasteiger partial charge in [-0.2, -0.15) is 0 Å². The molecule has 1 saturated heterocycles. The second-order valence-electron chi connectivity index (χ2n) is 5.59. The van der Waals surface area contributed by atoms with Gasteiger partial charge in [0.25, 0.3) is 5.91 Å². The molecule has 1 aliphatic heterocycles. The van der Waals surface area contributed by atoms with Gasteiger partial charge in [0.05, 0.1) is 5.37 Å². The minimum atomic E-state index is -0.925. The molecular weight excluding hydrogens is 310 g/mol. The summed E-state index contributed by atoms with van der Waals surface area (Å²) >= 11 is 7.51. The third-order valence-electron chi connectivity index (χ3n) is 4.00. The van der Waals surface area contributed by atoms with Crippen molar-refractivity contribution in [3.05, 3.63) is 34.3 Å². The maximum atomic E-state index is 12.8. The zero-order valence-electron chi connectivity index (χ0n) is 11.6. The van der Waals surface area contributed by atoms with Crippen LogP contribution in [0.15, 0.2) is 18.2 Å². The highest BCUT2D eigenvalue weighted by molar-refractivity contribution is 8.00. The van der Waals surface area contributed by atoms with E-state index in [1.807, 2.05) is 6.92 Å². The highest BCUT2D eigenvalue weighted by atomic mass is 35.5. The van der Waals surface area contributed by atoms with Crippen LogP contribution in [-0.4, -0.2) is 39.1 Å². The van der Waals surface area contributed by atoms with Crippen LogP contribution in [0.3, 0.4) is 0 Å². The minimum Gasteiger partial charge on any atom is -0.480 e. The molecule has 1 aliphatic carbocycles. The molecule has 1 aromatic rings. The number of benzene rings is 1. The molecule has 2 fully saturated rings. The molecular formula is C15H16ClNO3S. The predicted molar refractivity (Wildman–Crippen MR) is 82.8 cm³/mol. The highest BCUT2D eigenvalue weighted by Crippen LogP contribution is 2.46. The summed E-state index contributed by atoms with van der Waals surface area (Å²) in [5.74, 6) is -0.213. The molecule has 0 radical (unpaired) electrons. The lowest BCUT2D eigenvalue weighted by molar-refractivity contribution is -0.141. The number of rotatable bonds is 3. The van der Waals surface area contributed by atoms with Gasteiger partial charge in [-0.25, -0.2) is 4.79 Å². The molecule has 1 saturated carbocycles. The summed E-state index contributed by atoms with van der Waals surface area (Å²) in [4.78, 5) is 25.9. The van der Waals surface area contributed by atoms with Gasteiger partial charge in [0.15, 0.2) is 0 Å². The molecule has 21 heavy (non-hydrogen) atoms. The minimum absolute atomic E-state index is 0.00585. The number of thioether (sulfide) groups is 1. The van der Waals surface area contributed by atoms with Crippen LogP contribution in [-0.2, 0) is 4.79 Å². The highest BCUT2D eigenvalue weighted by Gasteiger charge is 2.48. The molecule has 112 valence electrons. The Balaban J connectivity index is 1.93. The Morgan fingerprint density at radius 1 is 1.38 bits per heavy atom. The summed E-state index contributed by atoms with van der Waals surface area (Å²) in [7, 11) is 0. The van der Waals surface area contributed by atoms with Gasteiger partial charge in [0.1, 0.15) is 6.04 Å². The van der Waals surface area contributed by atoms with E-state index < -0.39 is 12.0 Å². The van der Waals surface area contributed by atoms with E-state index in [9.17, 15) is 14.7 Å². The molecule has 1 heterocycles. The van der Waals surface area contributed by atoms with Gasteiger partial charge in [-0.3, -0.25) is 4.79 Å². The largest absolute Gasteiger partial charge is 0.480 e. The Kier molecular flexibility index (Phi) is 3.88. The van der Waals surface area contributed by atoms with E-state index in [1.54, 1.807) is 34.9 Å². The van der Waals surface area contributed by atoms with Gasteiger partial charge in [-0.05, 0) is 49.4 Å². The summed E-state index contributed by atoms with van der Waals surface area (Å²) in [5, 5.41) is 9.96. The van der Waals surface area contributed by atoms with Crippen LogP contribution >= 0.6 is 23.4 Å². The normalized spacial score (nSPS) is 25.1. The maximum Gasteiger partial charge on any atom is 0.327 e. The van der Waals surface area contributed by atoms with Crippen LogP contribution in [0.25, 0.3) is 0 Å². The van der Waals surface area contributed by atoms with Crippen LogP contribution in [0, 0.1) is 12.8 Å². The molecule has 4 nitrogen and oxygen atoms in total. The number of carboxylic acids is 1. The lowest BCUT2D eigenvalue weighted by Crippen LogP contribution is -2.46. The Hall–Kier alpha value is -1.20. The van der Waals surface area contributed by atoms with E-state index in [0.717, 1.165) is 18.4 Å². The fourth-order valence-electron chi connectivity index (χ4n) is 2.73. The van der Waals surface area contributed by atoms with E-state index in [2.05, 4.69) is 0 Å². The van der Waals surface area contributed by atoms with Crippen molar-refractivity contribution >= 4 is 35.2 Å². The summed E-state index contributed by atoms with van der Waals surface area (Å²) < 4.78 is 0. The number of hydrogen-bond donors (Lipinski definition) is 1. The Morgan fingerprint density at radius 2 is 2.10 bits per heavy atom. The number of aliphatic carboxylic acids is 1. The smallest absolute Gasteiger partial charge is 0.327 e. The molecule has 0 bridgehead atoms. The molecule has 1 aromatic carbocycles. The first-order valence-corrected chi connectivity index (χ1v) is 8.35. The lowest BCUT2D eigenvalue weighted by Gasteiger charge is -2.28. The van der Waals surface area contributed by atoms with E-state index in [1.165, 1.54) is 0 Å². The number of carbonyl (C=O) groups excluding carboxylic acids is 1.